The molecule has 0 radical (unpaired) electrons. The highest BCUT2D eigenvalue weighted by Gasteiger charge is 2.35. The Labute approximate surface area is 126 Å². The second-order valence-corrected chi connectivity index (χ2v) is 6.37. The van der Waals surface area contributed by atoms with Gasteiger partial charge in [0.25, 0.3) is 5.91 Å². The molecule has 2 heterocycles. The van der Waals surface area contributed by atoms with Gasteiger partial charge in [-0.25, -0.2) is 0 Å². The summed E-state index contributed by atoms with van der Waals surface area (Å²) in [6.45, 7) is 6.80. The first-order valence-electron chi connectivity index (χ1n) is 7.98. The van der Waals surface area contributed by atoms with Crippen molar-refractivity contribution in [2.75, 3.05) is 19.6 Å². The summed E-state index contributed by atoms with van der Waals surface area (Å²) in [4.78, 5) is 15.0. The van der Waals surface area contributed by atoms with Crippen LogP contribution in [-0.2, 0) is 0 Å². The summed E-state index contributed by atoms with van der Waals surface area (Å²) in [5.41, 5.74) is 2.27. The van der Waals surface area contributed by atoms with Crippen LogP contribution in [-0.4, -0.2) is 46.7 Å². The van der Waals surface area contributed by atoms with E-state index in [0.717, 1.165) is 49.4 Å². The van der Waals surface area contributed by atoms with Gasteiger partial charge in [0, 0.05) is 12.6 Å². The van der Waals surface area contributed by atoms with Crippen molar-refractivity contribution in [1.29, 1.82) is 0 Å². The molecule has 0 unspecified atom stereocenters. The lowest BCUT2D eigenvalue weighted by Crippen LogP contribution is -2.41. The van der Waals surface area contributed by atoms with Crippen molar-refractivity contribution >= 4 is 5.91 Å². The van der Waals surface area contributed by atoms with Crippen molar-refractivity contribution in [3.05, 3.63) is 23.0 Å². The lowest BCUT2D eigenvalue weighted by molar-refractivity contribution is 0.0700. The van der Waals surface area contributed by atoms with E-state index in [9.17, 15) is 4.79 Å². The molecule has 2 aliphatic rings. The zero-order chi connectivity index (χ0) is 14.8. The highest BCUT2D eigenvalue weighted by atomic mass is 16.2. The fourth-order valence-corrected chi connectivity index (χ4v) is 3.05. The zero-order valence-corrected chi connectivity index (χ0v) is 12.9. The van der Waals surface area contributed by atoms with E-state index in [1.807, 2.05) is 19.9 Å². The average Bonchev–Trinajstić information content (AvgIpc) is 3.32. The summed E-state index contributed by atoms with van der Waals surface area (Å²) in [5, 5.41) is 11.5. The molecule has 1 saturated heterocycles. The van der Waals surface area contributed by atoms with Gasteiger partial charge < -0.3 is 10.2 Å². The van der Waals surface area contributed by atoms with E-state index < -0.39 is 0 Å². The molecule has 0 spiro atoms. The number of hydrogen-bond donors (Lipinski definition) is 1. The molecule has 1 aromatic rings. The van der Waals surface area contributed by atoms with Crippen molar-refractivity contribution in [2.45, 2.75) is 45.6 Å². The van der Waals surface area contributed by atoms with E-state index in [1.54, 1.807) is 0 Å². The summed E-state index contributed by atoms with van der Waals surface area (Å²) in [7, 11) is 0. The van der Waals surface area contributed by atoms with Crippen molar-refractivity contribution in [2.24, 2.45) is 5.92 Å². The topological polar surface area (TPSA) is 58.1 Å². The Hall–Kier alpha value is -1.49. The van der Waals surface area contributed by atoms with Crippen LogP contribution in [0.3, 0.4) is 0 Å². The molecular weight excluding hydrogens is 264 g/mol. The molecule has 1 N–H and O–H groups in total. The van der Waals surface area contributed by atoms with Gasteiger partial charge >= 0.3 is 0 Å². The Morgan fingerprint density at radius 1 is 1.24 bits per heavy atom. The van der Waals surface area contributed by atoms with E-state index in [0.29, 0.717) is 12.0 Å². The minimum Gasteiger partial charge on any atom is -0.335 e. The first-order valence-corrected chi connectivity index (χ1v) is 7.98. The van der Waals surface area contributed by atoms with Gasteiger partial charge in [-0.15, -0.1) is 0 Å². The van der Waals surface area contributed by atoms with E-state index in [1.165, 1.54) is 12.8 Å². The molecule has 21 heavy (non-hydrogen) atoms. The molecule has 0 aromatic carbocycles. The van der Waals surface area contributed by atoms with E-state index in [2.05, 4.69) is 20.4 Å². The monoisotopic (exact) mass is 288 g/mol. The molecule has 5 heteroatoms. The molecule has 1 saturated carbocycles. The van der Waals surface area contributed by atoms with E-state index in [-0.39, 0.29) is 5.91 Å². The summed E-state index contributed by atoms with van der Waals surface area (Å²) in [6.07, 6.45) is 4.63. The van der Waals surface area contributed by atoms with Crippen molar-refractivity contribution in [3.63, 3.8) is 0 Å². The first kappa shape index (κ1) is 14.4. The normalized spacial score (nSPS) is 19.5. The number of rotatable bonds is 4. The third-order valence-electron chi connectivity index (χ3n) is 4.49. The van der Waals surface area contributed by atoms with Gasteiger partial charge in [0.15, 0.2) is 0 Å². The predicted octanol–water partition coefficient (Wildman–Crippen LogP) is 1.70. The number of nitrogens with zero attached hydrogens (tertiary/aromatic N) is 3. The van der Waals surface area contributed by atoms with Crippen LogP contribution in [0.15, 0.2) is 6.07 Å². The average molecular weight is 288 g/mol. The van der Waals surface area contributed by atoms with Gasteiger partial charge in [0.2, 0.25) is 0 Å². The maximum Gasteiger partial charge on any atom is 0.256 e. The predicted molar refractivity (Wildman–Crippen MR) is 81.2 cm³/mol. The largest absolute Gasteiger partial charge is 0.335 e. The van der Waals surface area contributed by atoms with Crippen LogP contribution in [0.4, 0.5) is 0 Å². The minimum absolute atomic E-state index is 0.145. The summed E-state index contributed by atoms with van der Waals surface area (Å²) < 4.78 is 0. The minimum atomic E-state index is 0.145. The highest BCUT2D eigenvalue weighted by Crippen LogP contribution is 2.30. The van der Waals surface area contributed by atoms with Crippen molar-refractivity contribution < 1.29 is 4.79 Å². The molecule has 5 nitrogen and oxygen atoms in total. The quantitative estimate of drug-likeness (QED) is 0.916. The fourth-order valence-electron chi connectivity index (χ4n) is 3.05. The third-order valence-corrected chi connectivity index (χ3v) is 4.49. The number of nitrogens with one attached hydrogen (secondary N) is 1. The summed E-state index contributed by atoms with van der Waals surface area (Å²) in [5.74, 6) is 0.776. The Bertz CT molecular complexity index is 521. The molecule has 2 fully saturated rings. The number of aromatic nitrogens is 2. The van der Waals surface area contributed by atoms with Gasteiger partial charge in [-0.2, -0.15) is 10.2 Å². The van der Waals surface area contributed by atoms with Gasteiger partial charge in [-0.05, 0) is 64.6 Å². The molecule has 1 aliphatic carbocycles. The first-order chi connectivity index (χ1) is 10.1. The number of amides is 1. The summed E-state index contributed by atoms with van der Waals surface area (Å²) >= 11 is 0. The van der Waals surface area contributed by atoms with Crippen molar-refractivity contribution in [3.8, 4) is 0 Å². The van der Waals surface area contributed by atoms with Crippen LogP contribution in [0.1, 0.15) is 47.4 Å². The maximum atomic E-state index is 12.9. The lowest BCUT2D eigenvalue weighted by atomic mass is 9.97. The second-order valence-electron chi connectivity index (χ2n) is 6.37. The third kappa shape index (κ3) is 3.40. The Morgan fingerprint density at radius 3 is 2.62 bits per heavy atom. The van der Waals surface area contributed by atoms with Crippen molar-refractivity contribution in [1.82, 2.24) is 20.4 Å². The van der Waals surface area contributed by atoms with Gasteiger partial charge in [-0.1, -0.05) is 0 Å². The molecule has 0 bridgehead atoms. The highest BCUT2D eigenvalue weighted by molar-refractivity contribution is 5.95. The van der Waals surface area contributed by atoms with E-state index in [4.69, 9.17) is 0 Å². The zero-order valence-electron chi connectivity index (χ0n) is 12.9. The molecule has 0 atom stereocenters. The second kappa shape index (κ2) is 6.10. The fraction of sp³-hybridized carbons (Fsp3) is 0.688. The summed E-state index contributed by atoms with van der Waals surface area (Å²) in [6, 6.07) is 2.32. The maximum absolute atomic E-state index is 12.9. The van der Waals surface area contributed by atoms with Crippen LogP contribution in [0.25, 0.3) is 0 Å². The Kier molecular flexibility index (Phi) is 4.19. The number of carbonyl (C=O) groups excluding carboxylic acids is 1. The van der Waals surface area contributed by atoms with Gasteiger partial charge in [-0.3, -0.25) is 4.79 Å². The lowest BCUT2D eigenvalue weighted by Gasteiger charge is -2.30. The Morgan fingerprint density at radius 2 is 1.95 bits per heavy atom. The molecule has 1 aromatic heterocycles. The molecule has 3 rings (SSSR count). The molecule has 114 valence electrons. The number of aryl methyl sites for hydroxylation is 2. The van der Waals surface area contributed by atoms with Gasteiger partial charge in [0.05, 0.1) is 17.0 Å². The molecular formula is C16H24N4O. The molecule has 1 amide bonds. The van der Waals surface area contributed by atoms with Crippen LogP contribution >= 0.6 is 0 Å². The number of piperidine rings is 1. The Balaban J connectivity index is 1.76. The van der Waals surface area contributed by atoms with Crippen LogP contribution < -0.4 is 5.32 Å². The van der Waals surface area contributed by atoms with Crippen LogP contribution in [0.2, 0.25) is 0 Å². The smallest absolute Gasteiger partial charge is 0.256 e. The van der Waals surface area contributed by atoms with Crippen LogP contribution in [0, 0.1) is 19.8 Å². The standard InChI is InChI=1S/C16H24N4O/c1-11-9-15(12(2)19-18-11)16(21)20(14-3-4-14)10-13-5-7-17-8-6-13/h9,13-14,17H,3-8,10H2,1-2H3. The number of hydrogen-bond acceptors (Lipinski definition) is 4. The van der Waals surface area contributed by atoms with Gasteiger partial charge in [0.1, 0.15) is 0 Å². The SMILES string of the molecule is Cc1cc(C(=O)N(CC2CCNCC2)C2CC2)c(C)nn1. The van der Waals surface area contributed by atoms with E-state index >= 15 is 0 Å². The number of carbonyl (C=O) groups is 1. The van der Waals surface area contributed by atoms with Crippen LogP contribution in [0.5, 0.6) is 0 Å². The molecule has 1 aliphatic heterocycles.